The maximum Gasteiger partial charge on any atom is 0.254 e. The van der Waals surface area contributed by atoms with Gasteiger partial charge in [0, 0.05) is 41.9 Å². The highest BCUT2D eigenvalue weighted by molar-refractivity contribution is 5.99. The van der Waals surface area contributed by atoms with E-state index >= 15 is 0 Å². The van der Waals surface area contributed by atoms with Gasteiger partial charge in [-0.05, 0) is 35.7 Å². The van der Waals surface area contributed by atoms with Gasteiger partial charge in [-0.15, -0.1) is 0 Å². The van der Waals surface area contributed by atoms with Crippen molar-refractivity contribution in [2.75, 3.05) is 20.8 Å². The number of hydrogen-bond donors (Lipinski definition) is 0. The summed E-state index contributed by atoms with van der Waals surface area (Å²) in [7, 11) is 3.18. The van der Waals surface area contributed by atoms with Crippen LogP contribution in [-0.4, -0.2) is 42.8 Å². The molecule has 0 radical (unpaired) electrons. The molecule has 1 aliphatic heterocycles. The number of fused-ring (bicyclic) bond motifs is 2. The molecule has 0 aliphatic carbocycles. The number of amides is 1. The number of ether oxygens (including phenoxy) is 2. The summed E-state index contributed by atoms with van der Waals surface area (Å²) in [6.07, 6.45) is 3.21. The number of pyridine rings is 1. The molecule has 3 aromatic rings. The lowest BCUT2D eigenvalue weighted by atomic mass is 9.94. The monoisotopic (exact) mass is 376 g/mol. The highest BCUT2D eigenvalue weighted by Gasteiger charge is 2.26. The van der Waals surface area contributed by atoms with Gasteiger partial charge in [0.1, 0.15) is 6.29 Å². The fraction of sp³-hybridized carbons (Fsp3) is 0.227. The lowest BCUT2D eigenvalue weighted by Gasteiger charge is -2.29. The van der Waals surface area contributed by atoms with Crippen LogP contribution in [0.1, 0.15) is 31.8 Å². The number of rotatable bonds is 5. The van der Waals surface area contributed by atoms with Crippen molar-refractivity contribution in [3.63, 3.8) is 0 Å². The van der Waals surface area contributed by atoms with Crippen LogP contribution in [-0.2, 0) is 13.0 Å². The van der Waals surface area contributed by atoms with E-state index in [1.54, 1.807) is 38.6 Å². The Morgan fingerprint density at radius 3 is 2.68 bits per heavy atom. The third kappa shape index (κ3) is 2.97. The summed E-state index contributed by atoms with van der Waals surface area (Å²) in [6, 6.07) is 10.9. The van der Waals surface area contributed by atoms with Crippen molar-refractivity contribution in [2.45, 2.75) is 13.0 Å². The minimum atomic E-state index is -0.0598. The van der Waals surface area contributed by atoms with E-state index in [-0.39, 0.29) is 5.91 Å². The number of carbonyl (C=O) groups is 2. The summed E-state index contributed by atoms with van der Waals surface area (Å²) in [4.78, 5) is 30.5. The SMILES string of the molecule is COc1cc2nccc(CN3CCc4c(C=O)cccc4C3=O)c2cc1OC. The predicted molar refractivity (Wildman–Crippen MR) is 105 cm³/mol. The zero-order chi connectivity index (χ0) is 19.7. The molecule has 4 rings (SSSR count). The average Bonchev–Trinajstić information content (AvgIpc) is 2.74. The molecule has 0 spiro atoms. The third-order valence-electron chi connectivity index (χ3n) is 5.19. The summed E-state index contributed by atoms with van der Waals surface area (Å²) in [5.41, 5.74) is 3.80. The number of nitrogens with zero attached hydrogens (tertiary/aromatic N) is 2. The average molecular weight is 376 g/mol. The van der Waals surface area contributed by atoms with Gasteiger partial charge in [-0.1, -0.05) is 12.1 Å². The maximum absolute atomic E-state index is 13.0. The number of aromatic nitrogens is 1. The molecule has 1 aliphatic rings. The van der Waals surface area contributed by atoms with Gasteiger partial charge in [-0.25, -0.2) is 0 Å². The van der Waals surface area contributed by atoms with Gasteiger partial charge < -0.3 is 14.4 Å². The molecule has 2 heterocycles. The Kier molecular flexibility index (Phi) is 4.69. The fourth-order valence-electron chi connectivity index (χ4n) is 3.74. The van der Waals surface area contributed by atoms with Crippen LogP contribution in [0.3, 0.4) is 0 Å². The molecule has 0 saturated heterocycles. The fourth-order valence-corrected chi connectivity index (χ4v) is 3.74. The number of benzene rings is 2. The molecule has 0 bridgehead atoms. The highest BCUT2D eigenvalue weighted by Crippen LogP contribution is 2.33. The zero-order valence-electron chi connectivity index (χ0n) is 15.8. The Labute approximate surface area is 162 Å². The number of hydrogen-bond acceptors (Lipinski definition) is 5. The van der Waals surface area contributed by atoms with Crippen LogP contribution < -0.4 is 9.47 Å². The van der Waals surface area contributed by atoms with Crippen LogP contribution in [0.4, 0.5) is 0 Å². The Balaban J connectivity index is 1.70. The van der Waals surface area contributed by atoms with Gasteiger partial charge in [0.2, 0.25) is 0 Å². The first kappa shape index (κ1) is 18.0. The van der Waals surface area contributed by atoms with E-state index < -0.39 is 0 Å². The van der Waals surface area contributed by atoms with Crippen LogP contribution in [0.25, 0.3) is 10.9 Å². The van der Waals surface area contributed by atoms with E-state index in [0.717, 1.165) is 28.3 Å². The van der Waals surface area contributed by atoms with Crippen LogP contribution in [0.5, 0.6) is 11.5 Å². The van der Waals surface area contributed by atoms with E-state index in [2.05, 4.69) is 4.98 Å². The second-order valence-corrected chi connectivity index (χ2v) is 6.66. The zero-order valence-corrected chi connectivity index (χ0v) is 15.8. The standard InChI is InChI=1S/C22H20N2O4/c1-27-20-10-18-14(6-8-23-19(18)11-21(20)28-2)12-24-9-7-16-15(13-25)4-3-5-17(16)22(24)26/h3-6,8,10-11,13H,7,9,12H2,1-2H3. The lowest BCUT2D eigenvalue weighted by Crippen LogP contribution is -2.37. The molecule has 0 saturated carbocycles. The smallest absolute Gasteiger partial charge is 0.254 e. The lowest BCUT2D eigenvalue weighted by molar-refractivity contribution is 0.0727. The number of aldehydes is 1. The summed E-state index contributed by atoms with van der Waals surface area (Å²) in [5, 5.41) is 0.917. The molecule has 6 nitrogen and oxygen atoms in total. The summed E-state index contributed by atoms with van der Waals surface area (Å²) < 4.78 is 10.8. The summed E-state index contributed by atoms with van der Waals surface area (Å²) in [6.45, 7) is 1.02. The quantitative estimate of drug-likeness (QED) is 0.640. The topological polar surface area (TPSA) is 68.7 Å². The first-order chi connectivity index (χ1) is 13.7. The van der Waals surface area contributed by atoms with Gasteiger partial charge in [0.05, 0.1) is 19.7 Å². The van der Waals surface area contributed by atoms with E-state index in [1.807, 2.05) is 23.1 Å². The van der Waals surface area contributed by atoms with Gasteiger partial charge in [-0.2, -0.15) is 0 Å². The van der Waals surface area contributed by atoms with Gasteiger partial charge in [0.25, 0.3) is 5.91 Å². The van der Waals surface area contributed by atoms with Crippen molar-refractivity contribution in [3.05, 3.63) is 64.8 Å². The molecule has 1 amide bonds. The van der Waals surface area contributed by atoms with Gasteiger partial charge in [0.15, 0.2) is 11.5 Å². The van der Waals surface area contributed by atoms with E-state index in [1.165, 1.54) is 0 Å². The molecule has 0 unspecified atom stereocenters. The first-order valence-electron chi connectivity index (χ1n) is 9.02. The van der Waals surface area contributed by atoms with E-state index in [9.17, 15) is 9.59 Å². The van der Waals surface area contributed by atoms with Crippen LogP contribution in [0, 0.1) is 0 Å². The Morgan fingerprint density at radius 1 is 1.14 bits per heavy atom. The second-order valence-electron chi connectivity index (χ2n) is 6.66. The minimum Gasteiger partial charge on any atom is -0.493 e. The van der Waals surface area contributed by atoms with E-state index in [0.29, 0.717) is 42.1 Å². The van der Waals surface area contributed by atoms with Crippen LogP contribution in [0.15, 0.2) is 42.6 Å². The molecule has 2 aromatic carbocycles. The van der Waals surface area contributed by atoms with Crippen molar-refractivity contribution >= 4 is 23.1 Å². The first-order valence-corrected chi connectivity index (χ1v) is 9.02. The highest BCUT2D eigenvalue weighted by atomic mass is 16.5. The van der Waals surface area contributed by atoms with E-state index in [4.69, 9.17) is 9.47 Å². The van der Waals surface area contributed by atoms with Gasteiger partial charge >= 0.3 is 0 Å². The van der Waals surface area contributed by atoms with Crippen molar-refractivity contribution in [2.24, 2.45) is 0 Å². The van der Waals surface area contributed by atoms with Gasteiger partial charge in [-0.3, -0.25) is 14.6 Å². The minimum absolute atomic E-state index is 0.0598. The van der Waals surface area contributed by atoms with Crippen molar-refractivity contribution in [1.82, 2.24) is 9.88 Å². The molecule has 0 fully saturated rings. The third-order valence-corrected chi connectivity index (χ3v) is 5.19. The Hall–Kier alpha value is -3.41. The normalized spacial score (nSPS) is 13.4. The largest absolute Gasteiger partial charge is 0.493 e. The molecule has 0 atom stereocenters. The van der Waals surface area contributed by atoms with Crippen molar-refractivity contribution in [3.8, 4) is 11.5 Å². The number of carbonyl (C=O) groups excluding carboxylic acids is 2. The van der Waals surface area contributed by atoms with Crippen molar-refractivity contribution < 1.29 is 19.1 Å². The Morgan fingerprint density at radius 2 is 1.93 bits per heavy atom. The Bertz CT molecular complexity index is 1080. The van der Waals surface area contributed by atoms with Crippen LogP contribution >= 0.6 is 0 Å². The molecule has 0 N–H and O–H groups in total. The molecular formula is C22H20N2O4. The molecule has 1 aromatic heterocycles. The molecule has 142 valence electrons. The second kappa shape index (κ2) is 7.31. The predicted octanol–water partition coefficient (Wildman–Crippen LogP) is 3.26. The molecule has 6 heteroatoms. The maximum atomic E-state index is 13.0. The van der Waals surface area contributed by atoms with Crippen LogP contribution in [0.2, 0.25) is 0 Å². The summed E-state index contributed by atoms with van der Waals surface area (Å²) >= 11 is 0. The number of methoxy groups -OCH3 is 2. The summed E-state index contributed by atoms with van der Waals surface area (Å²) in [5.74, 6) is 1.18. The van der Waals surface area contributed by atoms with Crippen molar-refractivity contribution in [1.29, 1.82) is 0 Å². The molecule has 28 heavy (non-hydrogen) atoms. The molecular weight excluding hydrogens is 356 g/mol.